The number of rotatable bonds is 2. The Morgan fingerprint density at radius 3 is 2.11 bits per heavy atom. The van der Waals surface area contributed by atoms with E-state index in [2.05, 4.69) is 9.72 Å². The van der Waals surface area contributed by atoms with Crippen LogP contribution in [0.3, 0.4) is 0 Å². The van der Waals surface area contributed by atoms with Gasteiger partial charge in [-0.25, -0.2) is 8.78 Å². The Hall–Kier alpha value is -2.18. The molecule has 0 bridgehead atoms. The van der Waals surface area contributed by atoms with Crippen molar-refractivity contribution < 1.29 is 26.7 Å². The van der Waals surface area contributed by atoms with Crippen molar-refractivity contribution in [1.29, 1.82) is 0 Å². The van der Waals surface area contributed by atoms with Crippen molar-refractivity contribution in [1.82, 2.24) is 4.98 Å². The van der Waals surface area contributed by atoms with Gasteiger partial charge in [-0.3, -0.25) is 4.98 Å². The molecule has 0 aliphatic carbocycles. The quantitative estimate of drug-likeness (QED) is 0.775. The fourth-order valence-corrected chi connectivity index (χ4v) is 1.56. The van der Waals surface area contributed by atoms with Gasteiger partial charge in [-0.2, -0.15) is 0 Å². The minimum absolute atomic E-state index is 0.336. The van der Waals surface area contributed by atoms with E-state index >= 15 is 0 Å². The molecule has 0 amide bonds. The van der Waals surface area contributed by atoms with Crippen LogP contribution in [0, 0.1) is 11.6 Å². The maximum absolute atomic E-state index is 13.5. The summed E-state index contributed by atoms with van der Waals surface area (Å²) in [6.07, 6.45) is -3.53. The second-order valence-electron chi connectivity index (χ2n) is 3.52. The molecule has 2 rings (SSSR count). The van der Waals surface area contributed by atoms with E-state index in [1.54, 1.807) is 0 Å². The summed E-state index contributed by atoms with van der Waals surface area (Å²) in [7, 11) is 0. The van der Waals surface area contributed by atoms with Gasteiger partial charge in [-0.15, -0.1) is 13.2 Å². The SMILES string of the molecule is Fc1cncc(F)c1-c1ccccc1OC(F)(F)F. The predicted molar refractivity (Wildman–Crippen MR) is 56.3 cm³/mol. The minimum Gasteiger partial charge on any atom is -0.405 e. The summed E-state index contributed by atoms with van der Waals surface area (Å²) in [6, 6.07) is 4.71. The molecule has 0 N–H and O–H groups in total. The molecule has 2 nitrogen and oxygen atoms in total. The highest BCUT2D eigenvalue weighted by molar-refractivity contribution is 5.71. The number of ether oxygens (including phenoxy) is 1. The van der Waals surface area contributed by atoms with Gasteiger partial charge in [-0.05, 0) is 6.07 Å². The lowest BCUT2D eigenvalue weighted by Gasteiger charge is -2.13. The van der Waals surface area contributed by atoms with Crippen molar-refractivity contribution in [2.45, 2.75) is 6.36 Å². The van der Waals surface area contributed by atoms with Crippen LogP contribution in [0.15, 0.2) is 36.7 Å². The van der Waals surface area contributed by atoms with Gasteiger partial charge in [0.1, 0.15) is 5.75 Å². The molecule has 2 aromatic rings. The number of para-hydroxylation sites is 1. The van der Waals surface area contributed by atoms with Gasteiger partial charge in [0, 0.05) is 5.56 Å². The Labute approximate surface area is 104 Å². The van der Waals surface area contributed by atoms with Gasteiger partial charge in [0.2, 0.25) is 0 Å². The van der Waals surface area contributed by atoms with Crippen LogP contribution in [0.4, 0.5) is 22.0 Å². The van der Waals surface area contributed by atoms with Gasteiger partial charge < -0.3 is 4.74 Å². The molecule has 19 heavy (non-hydrogen) atoms. The van der Waals surface area contributed by atoms with E-state index in [9.17, 15) is 22.0 Å². The standard InChI is InChI=1S/C12H6F5NO/c13-8-5-18-6-9(14)11(8)7-3-1-2-4-10(7)19-12(15,16)17/h1-6H. The maximum atomic E-state index is 13.5. The van der Waals surface area contributed by atoms with Crippen LogP contribution >= 0.6 is 0 Å². The van der Waals surface area contributed by atoms with Crippen LogP contribution < -0.4 is 4.74 Å². The third kappa shape index (κ3) is 2.98. The van der Waals surface area contributed by atoms with E-state index in [4.69, 9.17) is 0 Å². The summed E-state index contributed by atoms with van der Waals surface area (Å²) in [5, 5.41) is 0. The summed E-state index contributed by atoms with van der Waals surface area (Å²) in [5.41, 5.74) is -0.952. The molecule has 0 fully saturated rings. The Kier molecular flexibility index (Phi) is 3.37. The average Bonchev–Trinajstić information content (AvgIpc) is 2.29. The fourth-order valence-electron chi connectivity index (χ4n) is 1.56. The Balaban J connectivity index is 2.57. The second-order valence-corrected chi connectivity index (χ2v) is 3.52. The topological polar surface area (TPSA) is 22.1 Å². The monoisotopic (exact) mass is 275 g/mol. The largest absolute Gasteiger partial charge is 0.573 e. The minimum atomic E-state index is -4.95. The van der Waals surface area contributed by atoms with Crippen LogP contribution in [-0.2, 0) is 0 Å². The van der Waals surface area contributed by atoms with Crippen molar-refractivity contribution in [3.05, 3.63) is 48.3 Å². The first-order valence-electron chi connectivity index (χ1n) is 5.02. The summed E-state index contributed by atoms with van der Waals surface area (Å²) in [6.45, 7) is 0. The van der Waals surface area contributed by atoms with Gasteiger partial charge in [0.25, 0.3) is 0 Å². The number of halogens is 5. The van der Waals surface area contributed by atoms with E-state index in [1.165, 1.54) is 12.1 Å². The summed E-state index contributed by atoms with van der Waals surface area (Å²) >= 11 is 0. The molecule has 0 aliphatic heterocycles. The first-order chi connectivity index (χ1) is 8.88. The van der Waals surface area contributed by atoms with Crippen molar-refractivity contribution >= 4 is 0 Å². The van der Waals surface area contributed by atoms with Crippen LogP contribution in [0.2, 0.25) is 0 Å². The normalized spacial score (nSPS) is 11.4. The second kappa shape index (κ2) is 4.83. The number of benzene rings is 1. The van der Waals surface area contributed by atoms with Crippen molar-refractivity contribution in [2.75, 3.05) is 0 Å². The third-order valence-corrected chi connectivity index (χ3v) is 2.24. The Morgan fingerprint density at radius 2 is 1.53 bits per heavy atom. The predicted octanol–water partition coefficient (Wildman–Crippen LogP) is 3.93. The van der Waals surface area contributed by atoms with E-state index in [0.717, 1.165) is 12.1 Å². The molecule has 0 spiro atoms. The number of hydrogen-bond acceptors (Lipinski definition) is 2. The maximum Gasteiger partial charge on any atom is 0.573 e. The molecule has 0 saturated carbocycles. The van der Waals surface area contributed by atoms with Crippen LogP contribution in [-0.4, -0.2) is 11.3 Å². The Morgan fingerprint density at radius 1 is 0.947 bits per heavy atom. The summed E-state index contributed by atoms with van der Waals surface area (Å²) in [5.74, 6) is -2.82. The van der Waals surface area contributed by atoms with Crippen LogP contribution in [0.1, 0.15) is 0 Å². The van der Waals surface area contributed by atoms with E-state index in [1.807, 2.05) is 0 Å². The molecule has 0 saturated heterocycles. The molecule has 1 aromatic heterocycles. The molecule has 0 aliphatic rings. The van der Waals surface area contributed by atoms with Crippen LogP contribution in [0.25, 0.3) is 11.1 Å². The highest BCUT2D eigenvalue weighted by Crippen LogP contribution is 2.35. The number of aromatic nitrogens is 1. The first kappa shape index (κ1) is 13.3. The number of nitrogens with zero attached hydrogens (tertiary/aromatic N) is 1. The van der Waals surface area contributed by atoms with Gasteiger partial charge in [-0.1, -0.05) is 18.2 Å². The Bertz CT molecular complexity index is 577. The number of alkyl halides is 3. The van der Waals surface area contributed by atoms with E-state index < -0.39 is 29.3 Å². The first-order valence-corrected chi connectivity index (χ1v) is 5.02. The van der Waals surface area contributed by atoms with E-state index in [-0.39, 0.29) is 5.56 Å². The van der Waals surface area contributed by atoms with E-state index in [0.29, 0.717) is 12.4 Å². The molecule has 100 valence electrons. The zero-order valence-corrected chi connectivity index (χ0v) is 9.21. The third-order valence-electron chi connectivity index (χ3n) is 2.24. The van der Waals surface area contributed by atoms with Crippen molar-refractivity contribution in [2.24, 2.45) is 0 Å². The molecule has 1 heterocycles. The van der Waals surface area contributed by atoms with Crippen molar-refractivity contribution in [3.63, 3.8) is 0 Å². The molecule has 0 atom stereocenters. The molecule has 7 heteroatoms. The lowest BCUT2D eigenvalue weighted by molar-refractivity contribution is -0.274. The van der Waals surface area contributed by atoms with Gasteiger partial charge in [0.15, 0.2) is 11.6 Å². The summed E-state index contributed by atoms with van der Waals surface area (Å²) in [4.78, 5) is 3.26. The molecule has 0 unspecified atom stereocenters. The van der Waals surface area contributed by atoms with Gasteiger partial charge >= 0.3 is 6.36 Å². The zero-order chi connectivity index (χ0) is 14.0. The summed E-state index contributed by atoms with van der Waals surface area (Å²) < 4.78 is 67.4. The molecular weight excluding hydrogens is 269 g/mol. The number of hydrogen-bond donors (Lipinski definition) is 0. The molecule has 0 radical (unpaired) electrons. The fraction of sp³-hybridized carbons (Fsp3) is 0.0833. The highest BCUT2D eigenvalue weighted by atomic mass is 19.4. The number of pyridine rings is 1. The lowest BCUT2D eigenvalue weighted by atomic mass is 10.1. The average molecular weight is 275 g/mol. The highest BCUT2D eigenvalue weighted by Gasteiger charge is 2.32. The lowest BCUT2D eigenvalue weighted by Crippen LogP contribution is -2.17. The smallest absolute Gasteiger partial charge is 0.405 e. The zero-order valence-electron chi connectivity index (χ0n) is 9.21. The molecule has 1 aromatic carbocycles. The molecular formula is C12H6F5NO. The van der Waals surface area contributed by atoms with Crippen molar-refractivity contribution in [3.8, 4) is 16.9 Å². The van der Waals surface area contributed by atoms with Gasteiger partial charge in [0.05, 0.1) is 18.0 Å². The van der Waals surface area contributed by atoms with Crippen LogP contribution in [0.5, 0.6) is 5.75 Å².